The number of halogens is 3. The Morgan fingerprint density at radius 3 is 2.34 bits per heavy atom. The Balaban J connectivity index is 1.89. The van der Waals surface area contributed by atoms with Crippen LogP contribution in [-0.2, 0) is 10.0 Å². The zero-order valence-corrected chi connectivity index (χ0v) is 18.3. The van der Waals surface area contributed by atoms with Gasteiger partial charge in [0.25, 0.3) is 5.91 Å². The molecule has 2 aromatic rings. The largest absolute Gasteiger partial charge is 0.322 e. The van der Waals surface area contributed by atoms with E-state index in [2.05, 4.69) is 5.32 Å². The second-order valence-electron chi connectivity index (χ2n) is 7.49. The van der Waals surface area contributed by atoms with Crippen LogP contribution in [0.15, 0.2) is 41.3 Å². The van der Waals surface area contributed by atoms with Gasteiger partial charge in [-0.15, -0.1) is 0 Å². The lowest BCUT2D eigenvalue weighted by Gasteiger charge is -2.34. The van der Waals surface area contributed by atoms with Gasteiger partial charge >= 0.3 is 0 Å². The number of carbonyl (C=O) groups is 1. The standard InChI is InChI=1S/C20H21Cl2FN2O3S/c1-12-7-13(2)11-25(10-12)29(27,28)15-4-6-19(23)16(9-15)20(26)24-14-3-5-17(21)18(22)8-14/h3-6,8-9,12-13H,7,10-11H2,1-2H3,(H,24,26)/t12-,13-/m0/s1. The Hall–Kier alpha value is -1.67. The Morgan fingerprint density at radius 2 is 1.72 bits per heavy atom. The van der Waals surface area contributed by atoms with Crippen molar-refractivity contribution in [3.05, 3.63) is 57.8 Å². The maximum Gasteiger partial charge on any atom is 0.258 e. The van der Waals surface area contributed by atoms with Gasteiger partial charge in [0, 0.05) is 18.8 Å². The summed E-state index contributed by atoms with van der Waals surface area (Å²) in [4.78, 5) is 12.4. The quantitative estimate of drug-likeness (QED) is 0.696. The van der Waals surface area contributed by atoms with E-state index in [0.717, 1.165) is 18.6 Å². The first-order valence-corrected chi connectivity index (χ1v) is 11.3. The molecule has 1 amide bonds. The molecule has 1 saturated heterocycles. The van der Waals surface area contributed by atoms with Crippen LogP contribution in [0, 0.1) is 17.7 Å². The van der Waals surface area contributed by atoms with E-state index in [1.54, 1.807) is 0 Å². The molecular formula is C20H21Cl2FN2O3S. The number of sulfonamides is 1. The van der Waals surface area contributed by atoms with Gasteiger partial charge in [-0.3, -0.25) is 4.79 Å². The third kappa shape index (κ3) is 4.91. The number of amides is 1. The first kappa shape index (κ1) is 22.0. The molecule has 1 aliphatic heterocycles. The van der Waals surface area contributed by atoms with Crippen molar-refractivity contribution in [1.82, 2.24) is 4.31 Å². The maximum absolute atomic E-state index is 14.3. The third-order valence-electron chi connectivity index (χ3n) is 4.83. The molecule has 5 nitrogen and oxygen atoms in total. The van der Waals surface area contributed by atoms with Crippen LogP contribution in [-0.4, -0.2) is 31.7 Å². The van der Waals surface area contributed by atoms with E-state index in [1.165, 1.54) is 28.6 Å². The van der Waals surface area contributed by atoms with E-state index in [0.29, 0.717) is 23.8 Å². The predicted octanol–water partition coefficient (Wildman–Crippen LogP) is 5.05. The first-order valence-electron chi connectivity index (χ1n) is 9.14. The van der Waals surface area contributed by atoms with Crippen LogP contribution in [0.4, 0.5) is 10.1 Å². The van der Waals surface area contributed by atoms with Crippen molar-refractivity contribution >= 4 is 44.8 Å². The molecule has 0 bridgehead atoms. The van der Waals surface area contributed by atoms with E-state index < -0.39 is 21.7 Å². The van der Waals surface area contributed by atoms with E-state index >= 15 is 0 Å². The highest BCUT2D eigenvalue weighted by molar-refractivity contribution is 7.89. The third-order valence-corrected chi connectivity index (χ3v) is 7.40. The van der Waals surface area contributed by atoms with Gasteiger partial charge in [-0.25, -0.2) is 12.8 Å². The fourth-order valence-corrected chi connectivity index (χ4v) is 5.57. The summed E-state index contributed by atoms with van der Waals surface area (Å²) in [6.45, 7) is 4.79. The summed E-state index contributed by atoms with van der Waals surface area (Å²) in [5, 5.41) is 3.05. The Labute approximate surface area is 179 Å². The molecule has 9 heteroatoms. The molecule has 156 valence electrons. The lowest BCUT2D eigenvalue weighted by molar-refractivity contribution is 0.102. The molecule has 1 aliphatic rings. The lowest BCUT2D eigenvalue weighted by Crippen LogP contribution is -2.42. The number of hydrogen-bond acceptors (Lipinski definition) is 3. The van der Waals surface area contributed by atoms with Crippen LogP contribution < -0.4 is 5.32 Å². The van der Waals surface area contributed by atoms with Gasteiger partial charge in [0.1, 0.15) is 5.82 Å². The summed E-state index contributed by atoms with van der Waals surface area (Å²) < 4.78 is 41.8. The minimum absolute atomic E-state index is 0.112. The van der Waals surface area contributed by atoms with Gasteiger partial charge in [-0.2, -0.15) is 4.31 Å². The highest BCUT2D eigenvalue weighted by Gasteiger charge is 2.32. The molecular weight excluding hydrogens is 438 g/mol. The average molecular weight is 459 g/mol. The first-order chi connectivity index (χ1) is 13.6. The van der Waals surface area contributed by atoms with Crippen LogP contribution in [0.3, 0.4) is 0 Å². The van der Waals surface area contributed by atoms with Gasteiger partial charge in [0.15, 0.2) is 0 Å². The van der Waals surface area contributed by atoms with Gasteiger partial charge in [-0.1, -0.05) is 37.0 Å². The number of rotatable bonds is 4. The molecule has 1 N–H and O–H groups in total. The molecule has 1 fully saturated rings. The van der Waals surface area contributed by atoms with Crippen LogP contribution in [0.5, 0.6) is 0 Å². The molecule has 0 aromatic heterocycles. The fraction of sp³-hybridized carbons (Fsp3) is 0.350. The van der Waals surface area contributed by atoms with Crippen molar-refractivity contribution < 1.29 is 17.6 Å². The van der Waals surface area contributed by atoms with E-state index in [1.807, 2.05) is 13.8 Å². The fourth-order valence-electron chi connectivity index (χ4n) is 3.56. The van der Waals surface area contributed by atoms with Crippen molar-refractivity contribution in [3.8, 4) is 0 Å². The minimum atomic E-state index is -3.84. The molecule has 0 radical (unpaired) electrons. The van der Waals surface area contributed by atoms with Gasteiger partial charge in [0.2, 0.25) is 10.0 Å². The molecule has 3 rings (SSSR count). The number of nitrogens with zero attached hydrogens (tertiary/aromatic N) is 1. The summed E-state index contributed by atoms with van der Waals surface area (Å²) in [6.07, 6.45) is 0.951. The number of anilines is 1. The average Bonchev–Trinajstić information content (AvgIpc) is 2.64. The Kier molecular flexibility index (Phi) is 6.53. The van der Waals surface area contributed by atoms with Crippen molar-refractivity contribution in [3.63, 3.8) is 0 Å². The SMILES string of the molecule is C[C@H]1C[C@H](C)CN(S(=O)(=O)c2ccc(F)c(C(=O)Nc3ccc(Cl)c(Cl)c3)c2)C1. The number of hydrogen-bond donors (Lipinski definition) is 1. The number of carbonyl (C=O) groups excluding carboxylic acids is 1. The van der Waals surface area contributed by atoms with Gasteiger partial charge in [0.05, 0.1) is 20.5 Å². The highest BCUT2D eigenvalue weighted by atomic mass is 35.5. The molecule has 0 aliphatic carbocycles. The lowest BCUT2D eigenvalue weighted by atomic mass is 9.94. The zero-order valence-electron chi connectivity index (χ0n) is 16.0. The monoisotopic (exact) mass is 458 g/mol. The zero-order chi connectivity index (χ0) is 21.3. The molecule has 2 aromatic carbocycles. The van der Waals surface area contributed by atoms with E-state index in [-0.39, 0.29) is 27.3 Å². The second kappa shape index (κ2) is 8.60. The van der Waals surface area contributed by atoms with Gasteiger partial charge in [-0.05, 0) is 54.7 Å². The van der Waals surface area contributed by atoms with Crippen LogP contribution in [0.25, 0.3) is 0 Å². The molecule has 1 heterocycles. The van der Waals surface area contributed by atoms with Crippen LogP contribution in [0.2, 0.25) is 10.0 Å². The number of piperidine rings is 1. The summed E-state index contributed by atoms with van der Waals surface area (Å²) in [6, 6.07) is 7.69. The Morgan fingerprint density at radius 1 is 1.07 bits per heavy atom. The second-order valence-corrected chi connectivity index (χ2v) is 10.2. The summed E-state index contributed by atoms with van der Waals surface area (Å²) >= 11 is 11.8. The molecule has 0 unspecified atom stereocenters. The topological polar surface area (TPSA) is 66.5 Å². The number of benzene rings is 2. The highest BCUT2D eigenvalue weighted by Crippen LogP contribution is 2.28. The van der Waals surface area contributed by atoms with E-state index in [9.17, 15) is 17.6 Å². The van der Waals surface area contributed by atoms with Crippen molar-refractivity contribution in [2.24, 2.45) is 11.8 Å². The van der Waals surface area contributed by atoms with E-state index in [4.69, 9.17) is 23.2 Å². The summed E-state index contributed by atoms with van der Waals surface area (Å²) in [5.74, 6) is -1.14. The van der Waals surface area contributed by atoms with Crippen LogP contribution >= 0.6 is 23.2 Å². The Bertz CT molecular complexity index is 1040. The molecule has 0 spiro atoms. The summed E-state index contributed by atoms with van der Waals surface area (Å²) in [7, 11) is -3.84. The predicted molar refractivity (Wildman–Crippen MR) is 113 cm³/mol. The maximum atomic E-state index is 14.3. The molecule has 2 atom stereocenters. The molecule has 0 saturated carbocycles. The smallest absolute Gasteiger partial charge is 0.258 e. The van der Waals surface area contributed by atoms with Crippen LogP contribution in [0.1, 0.15) is 30.6 Å². The minimum Gasteiger partial charge on any atom is -0.322 e. The van der Waals surface area contributed by atoms with Crippen molar-refractivity contribution in [1.29, 1.82) is 0 Å². The van der Waals surface area contributed by atoms with Crippen molar-refractivity contribution in [2.75, 3.05) is 18.4 Å². The normalized spacial score (nSPS) is 20.4. The summed E-state index contributed by atoms with van der Waals surface area (Å²) in [5.41, 5.74) is -0.0500. The number of nitrogens with one attached hydrogen (secondary N) is 1. The van der Waals surface area contributed by atoms with Gasteiger partial charge < -0.3 is 5.32 Å². The molecule has 29 heavy (non-hydrogen) atoms. The van der Waals surface area contributed by atoms with Crippen molar-refractivity contribution in [2.45, 2.75) is 25.2 Å².